The van der Waals surface area contributed by atoms with Crippen LogP contribution in [0.25, 0.3) is 0 Å². The maximum atomic E-state index is 12.1. The van der Waals surface area contributed by atoms with Gasteiger partial charge < -0.3 is 25.7 Å². The van der Waals surface area contributed by atoms with Crippen molar-refractivity contribution in [2.45, 2.75) is 5.79 Å². The summed E-state index contributed by atoms with van der Waals surface area (Å²) in [5.74, 6) is -4.52. The summed E-state index contributed by atoms with van der Waals surface area (Å²) in [7, 11) is 1.63. The third-order valence-corrected chi connectivity index (χ3v) is 4.45. The molecule has 134 valence electrons. The van der Waals surface area contributed by atoms with Crippen LogP contribution in [0.1, 0.15) is 0 Å². The number of nitrogens with zero attached hydrogens (tertiary/aromatic N) is 3. The fourth-order valence-corrected chi connectivity index (χ4v) is 3.26. The standard InChI is InChI=1S/C15H19N5O5/c1-19-8-11-9(13(19)23)7-17-15(18-11,20-4-2-16-3-5-20)10(14(24)25)6-12(21)22/h6-7,16,18H,2-5,8H2,1H3,(H,21,22)(H,24,25)/b10-6+. The van der Waals surface area contributed by atoms with Gasteiger partial charge in [0.1, 0.15) is 5.57 Å². The van der Waals surface area contributed by atoms with Gasteiger partial charge in [0.15, 0.2) is 0 Å². The van der Waals surface area contributed by atoms with E-state index in [0.29, 0.717) is 43.5 Å². The van der Waals surface area contributed by atoms with Gasteiger partial charge in [0, 0.05) is 51.2 Å². The number of hydrogen-bond acceptors (Lipinski definition) is 7. The summed E-state index contributed by atoms with van der Waals surface area (Å²) in [6.45, 7) is 2.46. The molecule has 0 aromatic carbocycles. The zero-order valence-electron chi connectivity index (χ0n) is 13.7. The highest BCUT2D eigenvalue weighted by Gasteiger charge is 2.48. The first-order valence-corrected chi connectivity index (χ1v) is 7.81. The Morgan fingerprint density at radius 3 is 2.60 bits per heavy atom. The van der Waals surface area contributed by atoms with Crippen molar-refractivity contribution in [1.29, 1.82) is 0 Å². The van der Waals surface area contributed by atoms with E-state index in [-0.39, 0.29) is 12.5 Å². The van der Waals surface area contributed by atoms with Crippen molar-refractivity contribution in [3.63, 3.8) is 0 Å². The van der Waals surface area contributed by atoms with Gasteiger partial charge in [-0.15, -0.1) is 0 Å². The second-order valence-corrected chi connectivity index (χ2v) is 6.05. The smallest absolute Gasteiger partial charge is 0.337 e. The zero-order chi connectivity index (χ0) is 18.2. The van der Waals surface area contributed by atoms with Gasteiger partial charge in [0.25, 0.3) is 5.91 Å². The van der Waals surface area contributed by atoms with Gasteiger partial charge in [0.2, 0.25) is 5.79 Å². The molecule has 0 aliphatic carbocycles. The number of carbonyl (C=O) groups is 3. The van der Waals surface area contributed by atoms with Crippen molar-refractivity contribution in [1.82, 2.24) is 20.4 Å². The summed E-state index contributed by atoms with van der Waals surface area (Å²) in [4.78, 5) is 42.7. The molecule has 25 heavy (non-hydrogen) atoms. The molecule has 0 aromatic heterocycles. The first-order valence-electron chi connectivity index (χ1n) is 7.81. The molecule has 0 aromatic rings. The van der Waals surface area contributed by atoms with Crippen molar-refractivity contribution in [2.75, 3.05) is 39.8 Å². The zero-order valence-corrected chi connectivity index (χ0v) is 13.7. The van der Waals surface area contributed by atoms with E-state index in [4.69, 9.17) is 5.11 Å². The van der Waals surface area contributed by atoms with Crippen LogP contribution in [0.5, 0.6) is 0 Å². The Kier molecular flexibility index (Phi) is 4.31. The van der Waals surface area contributed by atoms with E-state index in [2.05, 4.69) is 15.6 Å². The molecule has 0 radical (unpaired) electrons. The fraction of sp³-hybridized carbons (Fsp3) is 0.467. The van der Waals surface area contributed by atoms with Crippen molar-refractivity contribution in [2.24, 2.45) is 4.99 Å². The van der Waals surface area contributed by atoms with Crippen LogP contribution in [0.15, 0.2) is 27.9 Å². The Hall–Kier alpha value is -2.72. The van der Waals surface area contributed by atoms with E-state index in [1.807, 2.05) is 0 Å². The largest absolute Gasteiger partial charge is 0.478 e. The molecule has 1 unspecified atom stereocenters. The summed E-state index contributed by atoms with van der Waals surface area (Å²) in [6, 6.07) is 0. The molecule has 10 heteroatoms. The predicted octanol–water partition coefficient (Wildman–Crippen LogP) is -1.96. The molecule has 3 heterocycles. The van der Waals surface area contributed by atoms with Crippen LogP contribution >= 0.6 is 0 Å². The molecule has 4 N–H and O–H groups in total. The number of carbonyl (C=O) groups excluding carboxylic acids is 1. The number of carboxylic acid groups (broad SMARTS) is 2. The van der Waals surface area contributed by atoms with Crippen molar-refractivity contribution >= 4 is 24.1 Å². The van der Waals surface area contributed by atoms with Crippen molar-refractivity contribution < 1.29 is 24.6 Å². The van der Waals surface area contributed by atoms with Crippen LogP contribution in [-0.4, -0.2) is 89.6 Å². The Balaban J connectivity index is 2.07. The minimum absolute atomic E-state index is 0.209. The van der Waals surface area contributed by atoms with Gasteiger partial charge in [-0.2, -0.15) is 0 Å². The van der Waals surface area contributed by atoms with E-state index in [1.165, 1.54) is 11.1 Å². The van der Waals surface area contributed by atoms with Crippen molar-refractivity contribution in [3.8, 4) is 0 Å². The number of amides is 1. The minimum atomic E-state index is -1.56. The van der Waals surface area contributed by atoms with Gasteiger partial charge in [-0.1, -0.05) is 0 Å². The molecule has 1 saturated heterocycles. The molecule has 10 nitrogen and oxygen atoms in total. The Bertz CT molecular complexity index is 722. The maximum absolute atomic E-state index is 12.1. The molecular formula is C15H19N5O5. The SMILES string of the molecule is CN1CC2=C(C=NC(/C(=C/C(=O)O)C(=O)O)(N3CCNCC3)N2)C1=O. The van der Waals surface area contributed by atoms with E-state index < -0.39 is 23.3 Å². The number of aliphatic carboxylic acids is 2. The Labute approximate surface area is 143 Å². The van der Waals surface area contributed by atoms with Crippen LogP contribution in [0, 0.1) is 0 Å². The average Bonchev–Trinajstić information content (AvgIpc) is 2.86. The summed E-state index contributed by atoms with van der Waals surface area (Å²) >= 11 is 0. The lowest BCUT2D eigenvalue weighted by Gasteiger charge is -2.45. The van der Waals surface area contributed by atoms with Crippen LogP contribution < -0.4 is 10.6 Å². The number of carboxylic acids is 2. The molecule has 3 rings (SSSR count). The van der Waals surface area contributed by atoms with Gasteiger partial charge in [0.05, 0.1) is 12.1 Å². The molecule has 1 amide bonds. The Morgan fingerprint density at radius 1 is 1.32 bits per heavy atom. The number of rotatable bonds is 4. The lowest BCUT2D eigenvalue weighted by Crippen LogP contribution is -2.65. The minimum Gasteiger partial charge on any atom is -0.478 e. The summed E-state index contributed by atoms with van der Waals surface area (Å²) in [5, 5.41) is 25.0. The second-order valence-electron chi connectivity index (χ2n) is 6.05. The third kappa shape index (κ3) is 2.89. The maximum Gasteiger partial charge on any atom is 0.337 e. The lowest BCUT2D eigenvalue weighted by molar-refractivity contribution is -0.136. The van der Waals surface area contributed by atoms with Crippen LogP contribution in [0.4, 0.5) is 0 Å². The molecule has 0 spiro atoms. The number of nitrogens with one attached hydrogen (secondary N) is 2. The Morgan fingerprint density at radius 2 is 2.00 bits per heavy atom. The number of aliphatic imine (C=N–C) groups is 1. The van der Waals surface area contributed by atoms with Crippen LogP contribution in [0.3, 0.4) is 0 Å². The summed E-state index contributed by atoms with van der Waals surface area (Å²) < 4.78 is 0. The number of likely N-dealkylation sites (N-methyl/N-ethyl adjacent to an activating group) is 1. The highest BCUT2D eigenvalue weighted by atomic mass is 16.4. The molecule has 1 fully saturated rings. The van der Waals surface area contributed by atoms with E-state index in [9.17, 15) is 19.5 Å². The van der Waals surface area contributed by atoms with Crippen LogP contribution in [0.2, 0.25) is 0 Å². The molecule has 3 aliphatic rings. The van der Waals surface area contributed by atoms with E-state index in [0.717, 1.165) is 0 Å². The first kappa shape index (κ1) is 17.1. The molecular weight excluding hydrogens is 330 g/mol. The van der Waals surface area contributed by atoms with Crippen molar-refractivity contribution in [3.05, 3.63) is 22.9 Å². The lowest BCUT2D eigenvalue weighted by atomic mass is 10.0. The third-order valence-electron chi connectivity index (χ3n) is 4.45. The topological polar surface area (TPSA) is 135 Å². The van der Waals surface area contributed by atoms with Gasteiger partial charge in [-0.3, -0.25) is 9.69 Å². The highest BCUT2D eigenvalue weighted by Crippen LogP contribution is 2.31. The van der Waals surface area contributed by atoms with Gasteiger partial charge >= 0.3 is 11.9 Å². The average molecular weight is 349 g/mol. The second kappa shape index (κ2) is 6.30. The quantitative estimate of drug-likeness (QED) is 0.430. The first-order chi connectivity index (χ1) is 11.8. The number of hydrogen-bond donors (Lipinski definition) is 4. The monoisotopic (exact) mass is 349 g/mol. The molecule has 1 atom stereocenters. The normalized spacial score (nSPS) is 27.3. The fourth-order valence-electron chi connectivity index (χ4n) is 3.26. The van der Waals surface area contributed by atoms with E-state index in [1.54, 1.807) is 11.9 Å². The molecule has 0 saturated carbocycles. The molecule has 0 bridgehead atoms. The predicted molar refractivity (Wildman–Crippen MR) is 86.8 cm³/mol. The van der Waals surface area contributed by atoms with E-state index >= 15 is 0 Å². The summed E-state index contributed by atoms with van der Waals surface area (Å²) in [5.41, 5.74) is 0.513. The van der Waals surface area contributed by atoms with Gasteiger partial charge in [-0.05, 0) is 0 Å². The van der Waals surface area contributed by atoms with Crippen LogP contribution in [-0.2, 0) is 14.4 Å². The molecule has 3 aliphatic heterocycles. The number of piperazine rings is 1. The summed E-state index contributed by atoms with van der Waals surface area (Å²) in [6.07, 6.45) is 2.00. The van der Waals surface area contributed by atoms with Gasteiger partial charge in [-0.25, -0.2) is 14.6 Å². The highest BCUT2D eigenvalue weighted by molar-refractivity contribution is 6.15.